The molecule has 3 aromatic carbocycles. The van der Waals surface area contributed by atoms with Gasteiger partial charge in [-0.05, 0) is 41.8 Å². The van der Waals surface area contributed by atoms with Gasteiger partial charge in [-0.2, -0.15) is 0 Å². The zero-order chi connectivity index (χ0) is 20.9. The molecule has 1 amide bonds. The molecule has 0 aliphatic carbocycles. The summed E-state index contributed by atoms with van der Waals surface area (Å²) >= 11 is 0. The topological polar surface area (TPSA) is 75.3 Å². The summed E-state index contributed by atoms with van der Waals surface area (Å²) in [5.41, 5.74) is 3.14. The number of hydrogen-bond donors (Lipinski definition) is 2. The number of halogens is 1. The van der Waals surface area contributed by atoms with Crippen LogP contribution in [0, 0.1) is 12.7 Å². The van der Waals surface area contributed by atoms with Gasteiger partial charge in [0.15, 0.2) is 0 Å². The van der Waals surface area contributed by atoms with Gasteiger partial charge in [-0.3, -0.25) is 4.79 Å². The first-order chi connectivity index (χ1) is 13.9. The summed E-state index contributed by atoms with van der Waals surface area (Å²) in [6.45, 7) is 2.27. The Hall–Kier alpha value is -3.03. The van der Waals surface area contributed by atoms with Crippen LogP contribution in [0.1, 0.15) is 27.0 Å². The van der Waals surface area contributed by atoms with Gasteiger partial charge in [0.1, 0.15) is 10.7 Å². The summed E-state index contributed by atoms with van der Waals surface area (Å²) in [4.78, 5) is 11.9. The van der Waals surface area contributed by atoms with Gasteiger partial charge in [-0.15, -0.1) is 0 Å². The Kier molecular flexibility index (Phi) is 6.41. The summed E-state index contributed by atoms with van der Waals surface area (Å²) < 4.78 is 40.6. The predicted octanol–water partition coefficient (Wildman–Crippen LogP) is 3.54. The van der Waals surface area contributed by atoms with Crippen LogP contribution in [0.3, 0.4) is 0 Å². The Bertz CT molecular complexity index is 1110. The van der Waals surface area contributed by atoms with E-state index in [-0.39, 0.29) is 17.3 Å². The van der Waals surface area contributed by atoms with Crippen molar-refractivity contribution in [2.24, 2.45) is 0 Å². The zero-order valence-electron chi connectivity index (χ0n) is 15.9. The zero-order valence-corrected chi connectivity index (χ0v) is 16.7. The van der Waals surface area contributed by atoms with Crippen molar-refractivity contribution in [1.29, 1.82) is 0 Å². The van der Waals surface area contributed by atoms with Crippen LogP contribution >= 0.6 is 0 Å². The van der Waals surface area contributed by atoms with Gasteiger partial charge in [-0.1, -0.05) is 54.6 Å². The second kappa shape index (κ2) is 8.98. The van der Waals surface area contributed by atoms with Crippen LogP contribution in [0.2, 0.25) is 0 Å². The summed E-state index contributed by atoms with van der Waals surface area (Å²) in [5, 5.41) is 2.87. The van der Waals surface area contributed by atoms with Crippen molar-refractivity contribution < 1.29 is 17.6 Å². The van der Waals surface area contributed by atoms with Gasteiger partial charge in [0.25, 0.3) is 5.91 Å². The van der Waals surface area contributed by atoms with Crippen molar-refractivity contribution in [1.82, 2.24) is 10.0 Å². The third kappa shape index (κ3) is 5.28. The smallest absolute Gasteiger partial charge is 0.251 e. The monoisotopic (exact) mass is 412 g/mol. The predicted molar refractivity (Wildman–Crippen MR) is 109 cm³/mol. The van der Waals surface area contributed by atoms with Gasteiger partial charge in [0, 0.05) is 18.7 Å². The van der Waals surface area contributed by atoms with E-state index >= 15 is 0 Å². The lowest BCUT2D eigenvalue weighted by atomic mass is 10.1. The first kappa shape index (κ1) is 20.7. The van der Waals surface area contributed by atoms with Crippen LogP contribution < -0.4 is 10.0 Å². The average Bonchev–Trinajstić information content (AvgIpc) is 2.72. The molecular formula is C22H21FN2O3S. The van der Waals surface area contributed by atoms with Gasteiger partial charge < -0.3 is 5.32 Å². The highest BCUT2D eigenvalue weighted by molar-refractivity contribution is 7.89. The maximum absolute atomic E-state index is 13.7. The standard InChI is InChI=1S/C22H21FN2O3S/c1-16-6-2-3-7-19(16)22(26)24-14-17-10-12-18(13-11-17)15-25-29(27,28)21-9-5-4-8-20(21)23/h2-13,25H,14-15H2,1H3,(H,24,26). The molecule has 0 aromatic heterocycles. The Labute approximate surface area is 169 Å². The third-order valence-electron chi connectivity index (χ3n) is 4.46. The molecule has 5 nitrogen and oxygen atoms in total. The Morgan fingerprint density at radius 1 is 0.862 bits per heavy atom. The molecule has 7 heteroatoms. The second-order valence-electron chi connectivity index (χ2n) is 6.57. The third-order valence-corrected chi connectivity index (χ3v) is 5.89. The summed E-state index contributed by atoms with van der Waals surface area (Å²) in [6.07, 6.45) is 0. The number of rotatable bonds is 7. The number of carbonyl (C=O) groups is 1. The van der Waals surface area contributed by atoms with E-state index in [2.05, 4.69) is 10.0 Å². The molecular weight excluding hydrogens is 391 g/mol. The molecule has 0 unspecified atom stereocenters. The number of nitrogens with one attached hydrogen (secondary N) is 2. The van der Waals surface area contributed by atoms with Crippen molar-refractivity contribution >= 4 is 15.9 Å². The van der Waals surface area contributed by atoms with E-state index in [1.54, 1.807) is 18.2 Å². The fraction of sp³-hybridized carbons (Fsp3) is 0.136. The molecule has 0 saturated carbocycles. The first-order valence-electron chi connectivity index (χ1n) is 9.02. The molecule has 150 valence electrons. The van der Waals surface area contributed by atoms with E-state index in [4.69, 9.17) is 0 Å². The molecule has 0 aliphatic rings. The number of amides is 1. The van der Waals surface area contributed by atoms with Crippen LogP contribution in [0.25, 0.3) is 0 Å². The highest BCUT2D eigenvalue weighted by Crippen LogP contribution is 2.14. The molecule has 3 aromatic rings. The highest BCUT2D eigenvalue weighted by atomic mass is 32.2. The average molecular weight is 412 g/mol. The van der Waals surface area contributed by atoms with Crippen LogP contribution in [-0.4, -0.2) is 14.3 Å². The number of benzene rings is 3. The van der Waals surface area contributed by atoms with Crippen LogP contribution in [0.4, 0.5) is 4.39 Å². The maximum Gasteiger partial charge on any atom is 0.251 e. The molecule has 29 heavy (non-hydrogen) atoms. The largest absolute Gasteiger partial charge is 0.348 e. The highest BCUT2D eigenvalue weighted by Gasteiger charge is 2.17. The minimum atomic E-state index is -3.94. The van der Waals surface area contributed by atoms with Crippen molar-refractivity contribution in [2.45, 2.75) is 24.9 Å². The number of sulfonamides is 1. The fourth-order valence-corrected chi connectivity index (χ4v) is 3.89. The maximum atomic E-state index is 13.7. The van der Waals surface area contributed by atoms with E-state index in [0.29, 0.717) is 12.1 Å². The summed E-state index contributed by atoms with van der Waals surface area (Å²) in [7, 11) is -3.94. The second-order valence-corrected chi connectivity index (χ2v) is 8.30. The van der Waals surface area contributed by atoms with Gasteiger partial charge in [0.2, 0.25) is 10.0 Å². The minimum Gasteiger partial charge on any atom is -0.348 e. The van der Waals surface area contributed by atoms with Crippen LogP contribution in [0.15, 0.2) is 77.7 Å². The lowest BCUT2D eigenvalue weighted by Gasteiger charge is -2.10. The first-order valence-corrected chi connectivity index (χ1v) is 10.5. The van der Waals surface area contributed by atoms with E-state index in [9.17, 15) is 17.6 Å². The van der Waals surface area contributed by atoms with Crippen molar-refractivity contribution in [2.75, 3.05) is 0 Å². The molecule has 0 fully saturated rings. The molecule has 0 heterocycles. The van der Waals surface area contributed by atoms with E-state index < -0.39 is 15.8 Å². The van der Waals surface area contributed by atoms with Gasteiger partial charge in [0.05, 0.1) is 0 Å². The summed E-state index contributed by atoms with van der Waals surface area (Å²) in [5.74, 6) is -0.940. The molecule has 0 atom stereocenters. The molecule has 0 spiro atoms. The Morgan fingerprint density at radius 3 is 2.10 bits per heavy atom. The quantitative estimate of drug-likeness (QED) is 0.623. The fourth-order valence-electron chi connectivity index (χ4n) is 2.80. The normalized spacial score (nSPS) is 11.2. The van der Waals surface area contributed by atoms with Crippen molar-refractivity contribution in [3.8, 4) is 0 Å². The summed E-state index contributed by atoms with van der Waals surface area (Å²) in [6, 6.07) is 19.7. The van der Waals surface area contributed by atoms with Crippen LogP contribution in [0.5, 0.6) is 0 Å². The molecule has 0 bridgehead atoms. The molecule has 0 saturated heterocycles. The minimum absolute atomic E-state index is 0.0342. The Morgan fingerprint density at radius 2 is 1.45 bits per heavy atom. The van der Waals surface area contributed by atoms with Crippen molar-refractivity contribution in [3.63, 3.8) is 0 Å². The Balaban J connectivity index is 1.57. The van der Waals surface area contributed by atoms with Gasteiger partial charge in [-0.25, -0.2) is 17.5 Å². The van der Waals surface area contributed by atoms with E-state index in [1.807, 2.05) is 37.3 Å². The SMILES string of the molecule is Cc1ccccc1C(=O)NCc1ccc(CNS(=O)(=O)c2ccccc2F)cc1. The van der Waals surface area contributed by atoms with Crippen LogP contribution in [-0.2, 0) is 23.1 Å². The lowest BCUT2D eigenvalue weighted by Crippen LogP contribution is -2.24. The van der Waals surface area contributed by atoms with Crippen molar-refractivity contribution in [3.05, 3.63) is 101 Å². The number of aryl methyl sites for hydroxylation is 1. The number of hydrogen-bond acceptors (Lipinski definition) is 3. The molecule has 0 aliphatic heterocycles. The van der Waals surface area contributed by atoms with E-state index in [0.717, 1.165) is 22.8 Å². The molecule has 2 N–H and O–H groups in total. The molecule has 0 radical (unpaired) electrons. The molecule has 3 rings (SSSR count). The number of carbonyl (C=O) groups excluding carboxylic acids is 1. The van der Waals surface area contributed by atoms with E-state index in [1.165, 1.54) is 18.2 Å². The lowest BCUT2D eigenvalue weighted by molar-refractivity contribution is 0.0950. The van der Waals surface area contributed by atoms with Gasteiger partial charge >= 0.3 is 0 Å².